The average molecular weight is 598 g/mol. The molecule has 1 aromatic heterocycles. The summed E-state index contributed by atoms with van der Waals surface area (Å²) in [6, 6.07) is 2.12. The Labute approximate surface area is 273 Å². The van der Waals surface area contributed by atoms with E-state index in [1.807, 2.05) is 59.9 Å². The summed E-state index contributed by atoms with van der Waals surface area (Å²) in [5.41, 5.74) is 4.51. The van der Waals surface area contributed by atoms with Gasteiger partial charge in [-0.3, -0.25) is 4.98 Å². The molecular weight excluding hydrogens is 518 g/mol. The summed E-state index contributed by atoms with van der Waals surface area (Å²) >= 11 is 0. The zero-order valence-corrected chi connectivity index (χ0v) is 32.8. The predicted octanol–water partition coefficient (Wildman–Crippen LogP) is 13.2. The van der Waals surface area contributed by atoms with Crippen molar-refractivity contribution in [3.63, 3.8) is 0 Å². The largest absolute Gasteiger partial charge is 0.257 e. The van der Waals surface area contributed by atoms with E-state index in [1.54, 1.807) is 0 Å². The minimum absolute atomic E-state index is 0.166. The lowest BCUT2D eigenvalue weighted by Crippen LogP contribution is -2.32. The highest BCUT2D eigenvalue weighted by Gasteiger charge is 2.19. The van der Waals surface area contributed by atoms with Gasteiger partial charge in [0.15, 0.2) is 0 Å². The minimum Gasteiger partial charge on any atom is -0.257 e. The summed E-state index contributed by atoms with van der Waals surface area (Å²) in [6.07, 6.45) is 22.1. The second kappa shape index (κ2) is 32.8. The van der Waals surface area contributed by atoms with E-state index in [0.717, 1.165) is 19.3 Å². The van der Waals surface area contributed by atoms with Gasteiger partial charge in [0.1, 0.15) is 0 Å². The van der Waals surface area contributed by atoms with E-state index in [9.17, 15) is 0 Å². The van der Waals surface area contributed by atoms with Crippen LogP contribution in [0.5, 0.6) is 0 Å². The minimum atomic E-state index is 0.166. The molecule has 0 unspecified atom stereocenters. The van der Waals surface area contributed by atoms with Gasteiger partial charge in [0, 0.05) is 6.20 Å². The molecule has 0 amide bonds. The van der Waals surface area contributed by atoms with Crippen molar-refractivity contribution in [3.8, 4) is 0 Å². The molecule has 252 valence electrons. The van der Waals surface area contributed by atoms with Crippen molar-refractivity contribution in [2.75, 3.05) is 0 Å². The van der Waals surface area contributed by atoms with Crippen molar-refractivity contribution in [2.24, 2.45) is 16.7 Å². The van der Waals surface area contributed by atoms with E-state index < -0.39 is 0 Å². The van der Waals surface area contributed by atoms with Gasteiger partial charge in [-0.25, -0.2) is 0 Å². The quantitative estimate of drug-likeness (QED) is 0.235. The van der Waals surface area contributed by atoms with Crippen LogP contribution >= 0.6 is 0 Å². The Morgan fingerprint density at radius 1 is 0.791 bits per heavy atom. The molecule has 43 heavy (non-hydrogen) atoms. The standard InChI is InChI=1S/C16H28.C11H13N.C5H10.C4H10.3C2H6/c1-9-11-14(16(6,7)8)12-13(10-2)15(3,4)5;1-2-9-7-8-12-11-6-4-3-5-10(9)11;1-4-5(2)3;1-3-4-2;3*1-2/h10-12H,2,9H2,1,3-8H3;5-8H,2-4H2,1H3;4-5H,1H2,2-3H3;3-4H2,1-2H3;3*1-2H3/b13-12+,14-11+;;;;;;. The SMILES string of the molecule is C=C/C(=C\C(=C/CC)C(C)(C)C)C(C)(C)C.C=CC(C)C.CC.CC.CC.CCCC.CCc1ccnc2c1=CCCC=2. The zero-order chi connectivity index (χ0) is 35.1. The van der Waals surface area contributed by atoms with Crippen LogP contribution in [0.3, 0.4) is 0 Å². The summed E-state index contributed by atoms with van der Waals surface area (Å²) in [7, 11) is 0. The molecule has 0 spiro atoms. The maximum atomic E-state index is 4.34. The fourth-order valence-corrected chi connectivity index (χ4v) is 3.24. The van der Waals surface area contributed by atoms with Gasteiger partial charge in [-0.15, -0.1) is 6.58 Å². The molecule has 1 aliphatic rings. The first-order valence-electron chi connectivity index (χ1n) is 17.5. The van der Waals surface area contributed by atoms with Crippen molar-refractivity contribution >= 4 is 12.2 Å². The number of aryl methyl sites for hydroxylation is 1. The highest BCUT2D eigenvalue weighted by Crippen LogP contribution is 2.33. The Kier molecular flexibility index (Phi) is 38.5. The molecule has 0 N–H and O–H groups in total. The number of fused-ring (bicyclic) bond motifs is 1. The molecule has 0 aliphatic heterocycles. The molecule has 0 saturated heterocycles. The number of allylic oxidation sites excluding steroid dienone is 6. The smallest absolute Gasteiger partial charge is 0.0661 e. The van der Waals surface area contributed by atoms with Gasteiger partial charge in [-0.05, 0) is 70.4 Å². The van der Waals surface area contributed by atoms with Gasteiger partial charge in [-0.2, -0.15) is 0 Å². The first-order chi connectivity index (χ1) is 20.2. The maximum absolute atomic E-state index is 4.34. The van der Waals surface area contributed by atoms with Crippen LogP contribution in [0.4, 0.5) is 0 Å². The van der Waals surface area contributed by atoms with E-state index in [-0.39, 0.29) is 10.8 Å². The van der Waals surface area contributed by atoms with Gasteiger partial charge in [0.05, 0.1) is 5.35 Å². The molecule has 1 heterocycles. The molecule has 1 heteroatoms. The molecule has 2 rings (SSSR count). The number of rotatable bonds is 6. The van der Waals surface area contributed by atoms with E-state index in [4.69, 9.17) is 0 Å². The monoisotopic (exact) mass is 598 g/mol. The van der Waals surface area contributed by atoms with E-state index in [0.29, 0.717) is 5.92 Å². The summed E-state index contributed by atoms with van der Waals surface area (Å²) in [4.78, 5) is 4.34. The number of pyridine rings is 1. The highest BCUT2D eigenvalue weighted by atomic mass is 14.6. The molecule has 0 fully saturated rings. The van der Waals surface area contributed by atoms with Crippen molar-refractivity contribution < 1.29 is 0 Å². The second-order valence-electron chi connectivity index (χ2n) is 12.0. The van der Waals surface area contributed by atoms with Crippen molar-refractivity contribution in [1.82, 2.24) is 4.98 Å². The van der Waals surface area contributed by atoms with Gasteiger partial charge < -0.3 is 0 Å². The Morgan fingerprint density at radius 3 is 1.56 bits per heavy atom. The zero-order valence-electron chi connectivity index (χ0n) is 32.8. The first kappa shape index (κ1) is 50.5. The first-order valence-corrected chi connectivity index (χ1v) is 17.5. The molecule has 1 nitrogen and oxygen atoms in total. The third-order valence-electron chi connectivity index (χ3n) is 6.00. The van der Waals surface area contributed by atoms with E-state index in [2.05, 4.69) is 132 Å². The number of nitrogens with zero attached hydrogens (tertiary/aromatic N) is 1. The molecule has 0 atom stereocenters. The van der Waals surface area contributed by atoms with Gasteiger partial charge in [0.25, 0.3) is 0 Å². The summed E-state index contributed by atoms with van der Waals surface area (Å²) in [5, 5.41) is 2.55. The molecule has 1 aliphatic carbocycles. The fourth-order valence-electron chi connectivity index (χ4n) is 3.24. The predicted molar refractivity (Wildman–Crippen MR) is 206 cm³/mol. The molecule has 0 saturated carbocycles. The maximum Gasteiger partial charge on any atom is 0.0661 e. The number of unbranched alkanes of at least 4 members (excludes halogenated alkanes) is 1. The Bertz CT molecular complexity index is 938. The summed E-state index contributed by atoms with van der Waals surface area (Å²) < 4.78 is 0. The summed E-state index contributed by atoms with van der Waals surface area (Å²) in [5.74, 6) is 0.648. The Balaban J connectivity index is -0.000000156. The van der Waals surface area contributed by atoms with Crippen molar-refractivity contribution in [2.45, 2.75) is 163 Å². The molecule has 0 radical (unpaired) electrons. The molecule has 0 aromatic carbocycles. The lowest BCUT2D eigenvalue weighted by atomic mass is 9.80. The van der Waals surface area contributed by atoms with Crippen LogP contribution in [0.1, 0.15) is 162 Å². The molecule has 1 aromatic rings. The average Bonchev–Trinajstić information content (AvgIpc) is 3.01. The van der Waals surface area contributed by atoms with Crippen LogP contribution in [0.2, 0.25) is 0 Å². The Hall–Kier alpha value is -2.15. The Morgan fingerprint density at radius 2 is 1.23 bits per heavy atom. The number of aromatic nitrogens is 1. The van der Waals surface area contributed by atoms with Gasteiger partial charge in [0.2, 0.25) is 0 Å². The topological polar surface area (TPSA) is 12.9 Å². The van der Waals surface area contributed by atoms with Crippen molar-refractivity contribution in [1.29, 1.82) is 0 Å². The summed E-state index contributed by atoms with van der Waals surface area (Å²) in [6.45, 7) is 45.9. The number of hydrogen-bond acceptors (Lipinski definition) is 1. The third kappa shape index (κ3) is 28.4. The van der Waals surface area contributed by atoms with E-state index in [1.165, 1.54) is 46.5 Å². The van der Waals surface area contributed by atoms with Crippen LogP contribution in [0.25, 0.3) is 12.2 Å². The molecular formula is C42H79N. The van der Waals surface area contributed by atoms with Crippen LogP contribution in [-0.2, 0) is 6.42 Å². The van der Waals surface area contributed by atoms with Gasteiger partial charge >= 0.3 is 0 Å². The molecule has 0 bridgehead atoms. The van der Waals surface area contributed by atoms with Crippen LogP contribution in [0.15, 0.2) is 60.9 Å². The second-order valence-corrected chi connectivity index (χ2v) is 12.0. The number of hydrogen-bond donors (Lipinski definition) is 0. The lowest BCUT2D eigenvalue weighted by Gasteiger charge is -2.25. The lowest BCUT2D eigenvalue weighted by molar-refractivity contribution is 0.497. The van der Waals surface area contributed by atoms with Gasteiger partial charge in [-0.1, -0.05) is 181 Å². The van der Waals surface area contributed by atoms with Crippen LogP contribution < -0.4 is 10.6 Å². The van der Waals surface area contributed by atoms with E-state index >= 15 is 0 Å². The van der Waals surface area contributed by atoms with Crippen LogP contribution in [-0.4, -0.2) is 4.98 Å². The van der Waals surface area contributed by atoms with Crippen LogP contribution in [0, 0.1) is 16.7 Å². The fraction of sp³-hybridized carbons (Fsp3) is 0.643. The van der Waals surface area contributed by atoms with Crippen molar-refractivity contribution in [3.05, 3.63) is 77.0 Å². The third-order valence-corrected chi connectivity index (χ3v) is 6.00. The normalized spacial score (nSPS) is 11.8. The highest BCUT2D eigenvalue weighted by molar-refractivity contribution is 5.38.